The molecule has 0 aliphatic carbocycles. The average molecular weight is 514 g/mol. The second-order valence-electron chi connectivity index (χ2n) is 7.45. The largest absolute Gasteiger partial charge is 0.456 e. The molecule has 0 aromatic rings. The summed E-state index contributed by atoms with van der Waals surface area (Å²) < 4.78 is 10.0. The second-order valence-corrected chi connectivity index (χ2v) is 7.45. The average Bonchev–Trinajstić information content (AvgIpc) is 2.86. The van der Waals surface area contributed by atoms with Gasteiger partial charge in [0.2, 0.25) is 0 Å². The molecule has 0 amide bonds. The third-order valence-corrected chi connectivity index (χ3v) is 4.49. The lowest BCUT2D eigenvalue weighted by atomic mass is 10.1. The zero-order chi connectivity index (χ0) is 25.8. The van der Waals surface area contributed by atoms with Crippen LogP contribution in [-0.4, -0.2) is 36.4 Å². The van der Waals surface area contributed by atoms with Crippen molar-refractivity contribution in [3.8, 4) is 71.0 Å². The predicted molar refractivity (Wildman–Crippen MR) is 165 cm³/mol. The van der Waals surface area contributed by atoms with Crippen molar-refractivity contribution >= 4 is 11.9 Å². The molecule has 214 valence electrons. The normalized spacial score (nSPS) is 8.97. The van der Waals surface area contributed by atoms with Gasteiger partial charge < -0.3 is 20.7 Å². The fourth-order valence-electron chi connectivity index (χ4n) is 2.73. The highest BCUT2D eigenvalue weighted by Crippen LogP contribution is 2.11. The Balaban J connectivity index is -0.0000000876. The van der Waals surface area contributed by atoms with E-state index in [0.717, 1.165) is 19.3 Å². The molecule has 0 radical (unpaired) electrons. The van der Waals surface area contributed by atoms with E-state index in [1.807, 2.05) is 0 Å². The van der Waals surface area contributed by atoms with Gasteiger partial charge in [-0.05, 0) is 72.5 Å². The van der Waals surface area contributed by atoms with Crippen LogP contribution in [0.4, 0.5) is 0 Å². The summed E-state index contributed by atoms with van der Waals surface area (Å²) in [7, 11) is 0. The third-order valence-electron chi connectivity index (χ3n) is 4.49. The molecule has 0 aliphatic rings. The summed E-state index contributed by atoms with van der Waals surface area (Å²) in [6.45, 7) is 3.16. The lowest BCUT2D eigenvalue weighted by Crippen LogP contribution is -2.28. The van der Waals surface area contributed by atoms with Gasteiger partial charge in [-0.3, -0.25) is 4.79 Å². The highest BCUT2D eigenvalue weighted by Gasteiger charge is 2.15. The second kappa shape index (κ2) is 27.5. The van der Waals surface area contributed by atoms with Crippen LogP contribution in [0.25, 0.3) is 0 Å². The highest BCUT2D eigenvalue weighted by molar-refractivity contribution is 5.89. The van der Waals surface area contributed by atoms with Gasteiger partial charge in [0.05, 0.1) is 6.61 Å². The topological polar surface area (TPSA) is 108 Å². The number of unbranched alkanes of at least 4 members (excludes halogenated alkanes) is 9. The minimum absolute atomic E-state index is 0. The molecule has 6 heteroatoms. The molecular formula is C30H59NO5. The van der Waals surface area contributed by atoms with Crippen molar-refractivity contribution in [3.63, 3.8) is 0 Å². The van der Waals surface area contributed by atoms with Gasteiger partial charge in [0, 0.05) is 28.0 Å². The summed E-state index contributed by atoms with van der Waals surface area (Å²) in [5.41, 5.74) is 0. The number of hydrogen-bond acceptors (Lipinski definition) is 6. The number of esters is 2. The number of aliphatic hydroxyl groups is 1. The smallest absolute Gasteiger partial charge is 0.385 e. The molecule has 0 spiro atoms. The Morgan fingerprint density at radius 3 is 1.72 bits per heavy atom. The lowest BCUT2D eigenvalue weighted by Gasteiger charge is -2.14. The number of carbonyl (C=O) groups excluding carboxylic acids is 2. The number of hydrogen-bond donors (Lipinski definition) is 2. The van der Waals surface area contributed by atoms with Crippen molar-refractivity contribution in [1.29, 1.82) is 0 Å². The quantitative estimate of drug-likeness (QED) is 0.110. The standard InChI is InChI=1S/C30H34O5.H3N.11H2/c1-3-5-7-9-11-13-15-17-18-20-22-24-29(32)34-27-28(26-31)35-30(33)25-23-21-19-16-14-12-10-8-6-4-2;;;;;;;;;;;;/h28,31H,4,6,8,10,12,14,16,19,21,23,25-27H2,1-2H3;1H3;11*1H/t28-;;;;;;;;;;;;/m0............/s1. The van der Waals surface area contributed by atoms with Crippen molar-refractivity contribution in [3.05, 3.63) is 0 Å². The van der Waals surface area contributed by atoms with Gasteiger partial charge >= 0.3 is 11.9 Å². The van der Waals surface area contributed by atoms with Crippen LogP contribution in [0.1, 0.15) is 100 Å². The van der Waals surface area contributed by atoms with Crippen LogP contribution in [0.3, 0.4) is 0 Å². The van der Waals surface area contributed by atoms with Gasteiger partial charge in [0.25, 0.3) is 0 Å². The summed E-state index contributed by atoms with van der Waals surface area (Å²) in [4.78, 5) is 23.5. The number of ether oxygens (including phenoxy) is 2. The SMILES string of the molecule is CC#CC#CC#CC#CC#CC#CC(=O)OC[C@H](CO)OC(=O)CCCCCCCCCCCC.N.[HH].[HH].[HH].[HH].[HH].[HH].[HH].[HH].[HH].[HH].[HH]. The maximum absolute atomic E-state index is 11.9. The molecule has 0 aliphatic heterocycles. The van der Waals surface area contributed by atoms with Gasteiger partial charge in [-0.2, -0.15) is 0 Å². The van der Waals surface area contributed by atoms with E-state index in [9.17, 15) is 14.7 Å². The van der Waals surface area contributed by atoms with Crippen LogP contribution < -0.4 is 6.15 Å². The molecule has 0 aromatic heterocycles. The Morgan fingerprint density at radius 1 is 0.750 bits per heavy atom. The number of rotatable bonds is 15. The first kappa shape index (κ1) is 34.4. The first-order chi connectivity index (χ1) is 17.1. The van der Waals surface area contributed by atoms with Crippen molar-refractivity contribution in [2.24, 2.45) is 0 Å². The fraction of sp³-hybridized carbons (Fsp3) is 0.533. The number of carbonyl (C=O) groups is 2. The zero-order valence-electron chi connectivity index (χ0n) is 21.6. The van der Waals surface area contributed by atoms with E-state index in [-0.39, 0.29) is 34.9 Å². The summed E-state index contributed by atoms with van der Waals surface area (Å²) in [5.74, 6) is 28.0. The maximum atomic E-state index is 11.9. The van der Waals surface area contributed by atoms with Crippen molar-refractivity contribution in [2.75, 3.05) is 13.2 Å². The summed E-state index contributed by atoms with van der Waals surface area (Å²) in [5, 5.41) is 9.34. The van der Waals surface area contributed by atoms with Gasteiger partial charge in [0.15, 0.2) is 6.10 Å². The van der Waals surface area contributed by atoms with Gasteiger partial charge in [0.1, 0.15) is 6.61 Å². The van der Waals surface area contributed by atoms with Crippen LogP contribution in [0.5, 0.6) is 0 Å². The molecule has 0 unspecified atom stereocenters. The Kier molecular flexibility index (Phi) is 26.2. The van der Waals surface area contributed by atoms with Crippen LogP contribution in [0, 0.1) is 71.0 Å². The van der Waals surface area contributed by atoms with Crippen LogP contribution in [0.15, 0.2) is 0 Å². The molecule has 0 saturated carbocycles. The lowest BCUT2D eigenvalue weighted by molar-refractivity contribution is -0.159. The molecule has 1 atom stereocenters. The molecule has 0 fully saturated rings. The Labute approximate surface area is 233 Å². The molecule has 4 N–H and O–H groups in total. The Hall–Kier alpha value is -3.78. The van der Waals surface area contributed by atoms with Crippen molar-refractivity contribution in [1.82, 2.24) is 6.15 Å². The molecule has 0 heterocycles. The first-order valence-corrected chi connectivity index (χ1v) is 12.0. The van der Waals surface area contributed by atoms with E-state index in [1.54, 1.807) is 6.92 Å². The minimum Gasteiger partial charge on any atom is -0.456 e. The molecule has 0 bridgehead atoms. The third kappa shape index (κ3) is 24.9. The summed E-state index contributed by atoms with van der Waals surface area (Å²) in [6.07, 6.45) is 11.1. The molecule has 0 aromatic carbocycles. The monoisotopic (exact) mass is 513 g/mol. The van der Waals surface area contributed by atoms with E-state index in [4.69, 9.17) is 9.47 Å². The molecule has 0 saturated heterocycles. The van der Waals surface area contributed by atoms with Gasteiger partial charge in [-0.25, -0.2) is 4.79 Å². The highest BCUT2D eigenvalue weighted by atomic mass is 16.6. The zero-order valence-corrected chi connectivity index (χ0v) is 21.6. The molecule has 36 heavy (non-hydrogen) atoms. The summed E-state index contributed by atoms with van der Waals surface area (Å²) >= 11 is 0. The van der Waals surface area contributed by atoms with Crippen molar-refractivity contribution < 1.29 is 39.9 Å². The van der Waals surface area contributed by atoms with Gasteiger partial charge in [-0.1, -0.05) is 70.6 Å². The maximum Gasteiger partial charge on any atom is 0.385 e. The minimum atomic E-state index is -0.918. The molecule has 0 rings (SSSR count). The fourth-order valence-corrected chi connectivity index (χ4v) is 2.73. The van der Waals surface area contributed by atoms with E-state index in [2.05, 4.69) is 78.0 Å². The van der Waals surface area contributed by atoms with Crippen LogP contribution in [-0.2, 0) is 19.1 Å². The Morgan fingerprint density at radius 2 is 1.22 bits per heavy atom. The molecular weight excluding hydrogens is 454 g/mol. The first-order valence-electron chi connectivity index (χ1n) is 12.0. The molecule has 6 nitrogen and oxygen atoms in total. The summed E-state index contributed by atoms with van der Waals surface area (Å²) in [6, 6.07) is 0. The van der Waals surface area contributed by atoms with E-state index < -0.39 is 24.6 Å². The van der Waals surface area contributed by atoms with E-state index >= 15 is 0 Å². The van der Waals surface area contributed by atoms with Crippen LogP contribution >= 0.6 is 0 Å². The Bertz CT molecular complexity index is 1040. The van der Waals surface area contributed by atoms with Crippen molar-refractivity contribution in [2.45, 2.75) is 90.6 Å². The van der Waals surface area contributed by atoms with Crippen LogP contribution in [0.2, 0.25) is 0 Å². The number of aliphatic hydroxyl groups excluding tert-OH is 1. The predicted octanol–water partition coefficient (Wildman–Crippen LogP) is 6.65. The van der Waals surface area contributed by atoms with E-state index in [0.29, 0.717) is 0 Å². The van der Waals surface area contributed by atoms with E-state index in [1.165, 1.54) is 44.9 Å². The van der Waals surface area contributed by atoms with Gasteiger partial charge in [-0.15, -0.1) is 0 Å².